The lowest BCUT2D eigenvalue weighted by Crippen LogP contribution is -1.97. The van der Waals surface area contributed by atoms with E-state index >= 15 is 0 Å². The Hall–Kier alpha value is -16.2. The molecule has 0 bridgehead atoms. The third-order valence-electron chi connectivity index (χ3n) is 24.6. The molecule has 0 radical (unpaired) electrons. The zero-order valence-electron chi connectivity index (χ0n) is 89.6. The molecule has 18 rings (SSSR count). The highest BCUT2D eigenvalue weighted by Crippen LogP contribution is 2.37. The van der Waals surface area contributed by atoms with Crippen molar-refractivity contribution in [1.29, 1.82) is 0 Å². The number of rotatable bonds is 36. The lowest BCUT2D eigenvalue weighted by molar-refractivity contribution is 0.304. The Morgan fingerprint density at radius 1 is 0.160 bits per heavy atom. The van der Waals surface area contributed by atoms with Gasteiger partial charge in [-0.25, -0.2) is 0 Å². The van der Waals surface area contributed by atoms with Gasteiger partial charge < -0.3 is 56.8 Å². The number of hydrogen-bond donors (Lipinski definition) is 0. The van der Waals surface area contributed by atoms with E-state index < -0.39 is 0 Å². The predicted molar refractivity (Wildman–Crippen MR) is 616 cm³/mol. The van der Waals surface area contributed by atoms with Crippen LogP contribution in [0.15, 0.2) is 437 Å². The third-order valence-corrected chi connectivity index (χ3v) is 24.9. The van der Waals surface area contributed by atoms with E-state index in [1.807, 2.05) is 267 Å². The van der Waals surface area contributed by atoms with E-state index in [2.05, 4.69) is 288 Å². The molecule has 0 amide bonds. The molecule has 0 aliphatic carbocycles. The van der Waals surface area contributed by atoms with Crippen LogP contribution in [0.1, 0.15) is 213 Å². The van der Waals surface area contributed by atoms with Gasteiger partial charge in [0.25, 0.3) is 0 Å². The molecule has 0 heterocycles. The Morgan fingerprint density at radius 2 is 0.367 bits per heavy atom. The van der Waals surface area contributed by atoms with Gasteiger partial charge >= 0.3 is 0 Å². The molecule has 18 aromatic rings. The molecule has 768 valence electrons. The molecule has 12 nitrogen and oxygen atoms in total. The summed E-state index contributed by atoms with van der Waals surface area (Å²) in [5.74, 6) is 17.5. The van der Waals surface area contributed by atoms with Crippen molar-refractivity contribution in [3.05, 3.63) is 536 Å². The smallest absolute Gasteiger partial charge is 0.131 e. The first-order valence-corrected chi connectivity index (χ1v) is 52.1. The standard InChI is InChI=1S/5C23H24O2.C22H21ClO2/c2*1-17(2)20-10-12-21(13-11-20)25-23-9-5-8-22(15-23)24-16-19-7-4-6-18(3)14-19;1-17(2)19-11-13-21(14-12-19)25-23-10-6-9-22(15-23)24-16-20-8-5-4-7-18(20)3;2*1-17(2)20-11-13-21(14-12-20)25-23-6-4-5-22(15-23)24-16-19-9-7-18(3)8-10-19;1-16(2)17-10-12-19(13-11-17)25-21-8-5-7-20(14-21)24-15-18-6-3-4-9-22(18)23/h5*4-15,17H,16H2,1-3H3;3-14,16H,15H2,1-2H3. The molecule has 0 atom stereocenters. The number of ether oxygens (including phenoxy) is 12. The van der Waals surface area contributed by atoms with Gasteiger partial charge in [-0.05, 0) is 289 Å². The first kappa shape index (κ1) is 111. The van der Waals surface area contributed by atoms with Crippen LogP contribution in [0.4, 0.5) is 0 Å². The van der Waals surface area contributed by atoms with Gasteiger partial charge in [0.15, 0.2) is 0 Å². The lowest BCUT2D eigenvalue weighted by atomic mass is 10.0. The van der Waals surface area contributed by atoms with E-state index in [9.17, 15) is 0 Å². The van der Waals surface area contributed by atoms with Crippen LogP contribution < -0.4 is 56.8 Å². The van der Waals surface area contributed by atoms with Crippen LogP contribution in [0.5, 0.6) is 103 Å². The van der Waals surface area contributed by atoms with E-state index in [0.29, 0.717) is 80.2 Å². The van der Waals surface area contributed by atoms with Gasteiger partial charge in [-0.1, -0.05) is 366 Å². The first-order chi connectivity index (χ1) is 72.6. The first-order valence-electron chi connectivity index (χ1n) is 51.7. The number of halogens is 1. The van der Waals surface area contributed by atoms with Crippen molar-refractivity contribution in [2.45, 2.75) is 193 Å². The maximum Gasteiger partial charge on any atom is 0.131 e. The quantitative estimate of drug-likeness (QED) is 0.0373. The number of benzene rings is 18. The van der Waals surface area contributed by atoms with Crippen LogP contribution >= 0.6 is 11.6 Å². The molecule has 0 spiro atoms. The van der Waals surface area contributed by atoms with Crippen molar-refractivity contribution in [2.24, 2.45) is 0 Å². The van der Waals surface area contributed by atoms with Gasteiger partial charge in [0.05, 0.1) is 0 Å². The predicted octanol–water partition coefficient (Wildman–Crippen LogP) is 39.3. The summed E-state index contributed by atoms with van der Waals surface area (Å²) in [5, 5.41) is 0.708. The second-order valence-electron chi connectivity index (χ2n) is 39.0. The van der Waals surface area contributed by atoms with Gasteiger partial charge in [0.1, 0.15) is 143 Å². The maximum atomic E-state index is 6.16. The molecule has 0 saturated carbocycles. The van der Waals surface area contributed by atoms with Gasteiger partial charge in [0, 0.05) is 47.0 Å². The van der Waals surface area contributed by atoms with E-state index in [0.717, 1.165) is 131 Å². The van der Waals surface area contributed by atoms with Gasteiger partial charge in [-0.3, -0.25) is 0 Å². The maximum absolute atomic E-state index is 6.16. The summed E-state index contributed by atoms with van der Waals surface area (Å²) in [5.41, 5.74) is 20.8. The minimum atomic E-state index is 0.423. The molecule has 0 aliphatic rings. The number of hydrogen-bond acceptors (Lipinski definition) is 12. The Kier molecular flexibility index (Phi) is 42.8. The summed E-state index contributed by atoms with van der Waals surface area (Å²) in [6.45, 7) is 39.8. The zero-order valence-corrected chi connectivity index (χ0v) is 90.3. The highest BCUT2D eigenvalue weighted by atomic mass is 35.5. The fraction of sp³-hybridized carbons (Fsp3) is 0.212. The molecule has 150 heavy (non-hydrogen) atoms. The van der Waals surface area contributed by atoms with Crippen molar-refractivity contribution >= 4 is 11.6 Å². The summed E-state index contributed by atoms with van der Waals surface area (Å²) in [7, 11) is 0. The minimum Gasteiger partial charge on any atom is -0.489 e. The largest absolute Gasteiger partial charge is 0.489 e. The topological polar surface area (TPSA) is 111 Å². The Morgan fingerprint density at radius 3 is 0.600 bits per heavy atom. The second-order valence-corrected chi connectivity index (χ2v) is 39.4. The van der Waals surface area contributed by atoms with Crippen molar-refractivity contribution < 1.29 is 56.8 Å². The summed E-state index contributed by atoms with van der Waals surface area (Å²) < 4.78 is 71.0. The summed E-state index contributed by atoms with van der Waals surface area (Å²) in [6.07, 6.45) is 0. The van der Waals surface area contributed by atoms with Crippen LogP contribution in [0.2, 0.25) is 5.02 Å². The highest BCUT2D eigenvalue weighted by molar-refractivity contribution is 6.31. The SMILES string of the molecule is CC(C)c1ccc(Oc2cccc(OCc3ccccc3Cl)c2)cc1.Cc1ccc(COc2cccc(Oc3ccc(C(C)C)cc3)c2)cc1.Cc1ccc(COc2cccc(Oc3ccc(C(C)C)cc3)c2)cc1.Cc1cccc(COc2cccc(Oc3ccc(C(C)C)cc3)c2)c1.Cc1cccc(COc2cccc(Oc3ccc(C(C)C)cc3)c2)c1.Cc1ccccc1COc1cccc(Oc2ccc(C(C)C)cc2)c1. The molecule has 0 N–H and O–H groups in total. The lowest BCUT2D eigenvalue weighted by Gasteiger charge is -2.11. The van der Waals surface area contributed by atoms with Crippen LogP contribution in [0.3, 0.4) is 0 Å². The average molecular weight is 2020 g/mol. The van der Waals surface area contributed by atoms with Crippen LogP contribution in [0, 0.1) is 34.6 Å². The second kappa shape index (κ2) is 57.8. The van der Waals surface area contributed by atoms with Crippen LogP contribution in [-0.4, -0.2) is 0 Å². The summed E-state index contributed by atoms with van der Waals surface area (Å²) in [4.78, 5) is 0. The zero-order chi connectivity index (χ0) is 106. The minimum absolute atomic E-state index is 0.423. The fourth-order valence-electron chi connectivity index (χ4n) is 15.5. The Bertz CT molecular complexity index is 6670. The summed E-state index contributed by atoms with van der Waals surface area (Å²) >= 11 is 6.16. The fourth-order valence-corrected chi connectivity index (χ4v) is 15.6. The van der Waals surface area contributed by atoms with Gasteiger partial charge in [0.2, 0.25) is 0 Å². The summed E-state index contributed by atoms with van der Waals surface area (Å²) in [6, 6.07) is 145. The molecule has 0 saturated heterocycles. The van der Waals surface area contributed by atoms with Gasteiger partial charge in [-0.2, -0.15) is 0 Å². The monoisotopic (exact) mass is 2010 g/mol. The Balaban J connectivity index is 0.000000150. The molecule has 0 fully saturated rings. The van der Waals surface area contributed by atoms with Crippen LogP contribution in [-0.2, 0) is 39.6 Å². The third kappa shape index (κ3) is 38.0. The van der Waals surface area contributed by atoms with E-state index in [4.69, 9.17) is 68.4 Å². The molecular weight excluding hydrogens is 1870 g/mol. The van der Waals surface area contributed by atoms with Crippen molar-refractivity contribution in [2.75, 3.05) is 0 Å². The van der Waals surface area contributed by atoms with Crippen molar-refractivity contribution in [3.63, 3.8) is 0 Å². The van der Waals surface area contributed by atoms with Gasteiger partial charge in [-0.15, -0.1) is 0 Å². The molecular formula is C137H141ClO12. The molecule has 13 heteroatoms. The average Bonchev–Trinajstić information content (AvgIpc) is 0.868. The van der Waals surface area contributed by atoms with E-state index in [1.165, 1.54) is 66.8 Å². The normalized spacial score (nSPS) is 10.7. The molecule has 0 aromatic heterocycles. The van der Waals surface area contributed by atoms with Crippen LogP contribution in [0.25, 0.3) is 0 Å². The molecule has 0 aliphatic heterocycles. The van der Waals surface area contributed by atoms with E-state index in [1.54, 1.807) is 0 Å². The van der Waals surface area contributed by atoms with E-state index in [-0.39, 0.29) is 0 Å². The van der Waals surface area contributed by atoms with Crippen molar-refractivity contribution in [3.8, 4) is 103 Å². The Labute approximate surface area is 895 Å². The van der Waals surface area contributed by atoms with Crippen molar-refractivity contribution in [1.82, 2.24) is 0 Å². The molecule has 18 aromatic carbocycles. The number of aryl methyl sites for hydroxylation is 5. The highest BCUT2D eigenvalue weighted by Gasteiger charge is 2.14. The molecule has 0 unspecified atom stereocenters.